The zero-order chi connectivity index (χ0) is 19.1. The van der Waals surface area contributed by atoms with Crippen LogP contribution < -0.4 is 15.4 Å². The average molecular weight is 363 g/mol. The molecular weight excluding hydrogens is 342 g/mol. The summed E-state index contributed by atoms with van der Waals surface area (Å²) in [5.74, 6) is 0.975. The monoisotopic (exact) mass is 363 g/mol. The second-order valence-electron chi connectivity index (χ2n) is 6.11. The molecule has 0 unspecified atom stereocenters. The number of carbonyl (C=O) groups excluding carboxylic acids is 1. The van der Waals surface area contributed by atoms with Gasteiger partial charge in [-0.15, -0.1) is 0 Å². The van der Waals surface area contributed by atoms with Crippen LogP contribution in [0.1, 0.15) is 29.9 Å². The van der Waals surface area contributed by atoms with Crippen LogP contribution in [0.2, 0.25) is 0 Å². The molecule has 0 saturated heterocycles. The molecule has 2 N–H and O–H groups in total. The largest absolute Gasteiger partial charge is 0.489 e. The first kappa shape index (κ1) is 18.3. The first-order valence-electron chi connectivity index (χ1n) is 8.63. The van der Waals surface area contributed by atoms with Crippen molar-refractivity contribution in [3.05, 3.63) is 72.4 Å². The van der Waals surface area contributed by atoms with Crippen LogP contribution in [0.25, 0.3) is 0 Å². The lowest BCUT2D eigenvalue weighted by Crippen LogP contribution is -2.24. The predicted octanol–water partition coefficient (Wildman–Crippen LogP) is 3.33. The van der Waals surface area contributed by atoms with Gasteiger partial charge in [0, 0.05) is 18.9 Å². The first-order valence-corrected chi connectivity index (χ1v) is 8.63. The Hall–Kier alpha value is -3.48. The first-order chi connectivity index (χ1) is 13.1. The molecule has 0 aliphatic carbocycles. The highest BCUT2D eigenvalue weighted by molar-refractivity contribution is 5.92. The predicted molar refractivity (Wildman–Crippen MR) is 103 cm³/mol. The van der Waals surface area contributed by atoms with Gasteiger partial charge in [-0.3, -0.25) is 9.78 Å². The van der Waals surface area contributed by atoms with E-state index in [1.165, 1.54) is 12.4 Å². The topological polar surface area (TPSA) is 89.0 Å². The summed E-state index contributed by atoms with van der Waals surface area (Å²) in [6, 6.07) is 11.3. The van der Waals surface area contributed by atoms with Crippen LogP contribution >= 0.6 is 0 Å². The van der Waals surface area contributed by atoms with Gasteiger partial charge >= 0.3 is 0 Å². The number of hydrogen-bond acceptors (Lipinski definition) is 6. The molecule has 7 nitrogen and oxygen atoms in total. The van der Waals surface area contributed by atoms with Crippen LogP contribution in [0.5, 0.6) is 5.75 Å². The highest BCUT2D eigenvalue weighted by atomic mass is 16.5. The van der Waals surface area contributed by atoms with Crippen LogP contribution in [-0.2, 0) is 6.54 Å². The number of ether oxygens (including phenoxy) is 1. The van der Waals surface area contributed by atoms with Gasteiger partial charge in [-0.05, 0) is 43.7 Å². The number of aromatic nitrogens is 3. The molecule has 3 aromatic rings. The van der Waals surface area contributed by atoms with E-state index in [1.54, 1.807) is 12.4 Å². The van der Waals surface area contributed by atoms with Gasteiger partial charge in [0.1, 0.15) is 17.3 Å². The van der Waals surface area contributed by atoms with Gasteiger partial charge in [0.15, 0.2) is 0 Å². The number of nitrogens with zero attached hydrogens (tertiary/aromatic N) is 3. The van der Waals surface area contributed by atoms with E-state index >= 15 is 0 Å². The molecule has 0 atom stereocenters. The Morgan fingerprint density at radius 2 is 1.85 bits per heavy atom. The molecule has 3 rings (SSSR count). The van der Waals surface area contributed by atoms with Gasteiger partial charge in [-0.1, -0.05) is 12.1 Å². The number of rotatable bonds is 7. The van der Waals surface area contributed by atoms with Crippen molar-refractivity contribution >= 4 is 17.4 Å². The van der Waals surface area contributed by atoms with Crippen LogP contribution in [0.3, 0.4) is 0 Å². The number of carbonyl (C=O) groups is 1. The molecule has 2 heterocycles. The van der Waals surface area contributed by atoms with Gasteiger partial charge < -0.3 is 15.4 Å². The third-order valence-corrected chi connectivity index (χ3v) is 3.60. The molecule has 27 heavy (non-hydrogen) atoms. The molecule has 0 spiro atoms. The summed E-state index contributed by atoms with van der Waals surface area (Å²) in [5, 5.41) is 5.97. The standard InChI is InChI=1S/C20H21N5O2/c1-14(2)27-18-6-4-3-5-16(18)25-19-13-22-17(12-23-19)20(26)24-11-15-7-9-21-10-8-15/h3-10,12-14H,11H2,1-2H3,(H,23,25)(H,24,26). The van der Waals surface area contributed by atoms with Crippen LogP contribution in [0, 0.1) is 0 Å². The summed E-state index contributed by atoms with van der Waals surface area (Å²) in [5.41, 5.74) is 2.00. The number of benzene rings is 1. The van der Waals surface area contributed by atoms with E-state index < -0.39 is 0 Å². The Bertz CT molecular complexity index is 882. The van der Waals surface area contributed by atoms with Crippen molar-refractivity contribution in [2.75, 3.05) is 5.32 Å². The summed E-state index contributed by atoms with van der Waals surface area (Å²) in [6.45, 7) is 4.34. The van der Waals surface area contributed by atoms with Gasteiger partial charge in [0.05, 0.1) is 24.2 Å². The molecule has 0 bridgehead atoms. The summed E-state index contributed by atoms with van der Waals surface area (Å²) >= 11 is 0. The minimum atomic E-state index is -0.283. The lowest BCUT2D eigenvalue weighted by Gasteiger charge is -2.15. The third kappa shape index (κ3) is 5.24. The van der Waals surface area contributed by atoms with Crippen molar-refractivity contribution in [1.29, 1.82) is 0 Å². The lowest BCUT2D eigenvalue weighted by molar-refractivity contribution is 0.0945. The average Bonchev–Trinajstić information content (AvgIpc) is 2.69. The van der Waals surface area contributed by atoms with E-state index in [9.17, 15) is 4.79 Å². The van der Waals surface area contributed by atoms with Crippen molar-refractivity contribution in [2.24, 2.45) is 0 Å². The summed E-state index contributed by atoms with van der Waals surface area (Å²) in [7, 11) is 0. The molecular formula is C20H21N5O2. The van der Waals surface area contributed by atoms with Crippen molar-refractivity contribution < 1.29 is 9.53 Å². The second-order valence-corrected chi connectivity index (χ2v) is 6.11. The van der Waals surface area contributed by atoms with Gasteiger partial charge in [0.25, 0.3) is 5.91 Å². The summed E-state index contributed by atoms with van der Waals surface area (Å²) < 4.78 is 5.77. The molecule has 1 amide bonds. The minimum absolute atomic E-state index is 0.0606. The molecule has 0 aliphatic rings. The summed E-state index contributed by atoms with van der Waals surface area (Å²) in [4.78, 5) is 24.6. The van der Waals surface area contributed by atoms with Crippen LogP contribution in [0.4, 0.5) is 11.5 Å². The normalized spacial score (nSPS) is 10.5. The Balaban J connectivity index is 1.63. The van der Waals surface area contributed by atoms with Crippen molar-refractivity contribution in [3.8, 4) is 5.75 Å². The van der Waals surface area contributed by atoms with Crippen molar-refractivity contribution in [3.63, 3.8) is 0 Å². The van der Waals surface area contributed by atoms with Crippen molar-refractivity contribution in [2.45, 2.75) is 26.5 Å². The smallest absolute Gasteiger partial charge is 0.271 e. The van der Waals surface area contributed by atoms with E-state index in [1.807, 2.05) is 50.2 Å². The van der Waals surface area contributed by atoms with Crippen LogP contribution in [-0.4, -0.2) is 27.0 Å². The molecule has 0 aliphatic heterocycles. The molecule has 138 valence electrons. The zero-order valence-corrected chi connectivity index (χ0v) is 15.2. The number of pyridine rings is 1. The fourth-order valence-electron chi connectivity index (χ4n) is 2.35. The molecule has 0 radical (unpaired) electrons. The minimum Gasteiger partial charge on any atom is -0.489 e. The number of anilines is 2. The lowest BCUT2D eigenvalue weighted by atomic mass is 10.2. The van der Waals surface area contributed by atoms with E-state index in [-0.39, 0.29) is 17.7 Å². The SMILES string of the molecule is CC(C)Oc1ccccc1Nc1cnc(C(=O)NCc2ccncc2)cn1. The molecule has 7 heteroatoms. The second kappa shape index (κ2) is 8.75. The zero-order valence-electron chi connectivity index (χ0n) is 15.2. The van der Waals surface area contributed by atoms with Gasteiger partial charge in [-0.2, -0.15) is 0 Å². The maximum absolute atomic E-state index is 12.2. The van der Waals surface area contributed by atoms with E-state index in [4.69, 9.17) is 4.74 Å². The Morgan fingerprint density at radius 3 is 2.56 bits per heavy atom. The maximum atomic E-state index is 12.2. The van der Waals surface area contributed by atoms with Gasteiger partial charge in [-0.25, -0.2) is 9.97 Å². The fraction of sp³-hybridized carbons (Fsp3) is 0.200. The quantitative estimate of drug-likeness (QED) is 0.669. The highest BCUT2D eigenvalue weighted by Crippen LogP contribution is 2.27. The fourth-order valence-corrected chi connectivity index (χ4v) is 2.35. The number of para-hydroxylation sites is 2. The van der Waals surface area contributed by atoms with Crippen LogP contribution in [0.15, 0.2) is 61.2 Å². The number of hydrogen-bond donors (Lipinski definition) is 2. The van der Waals surface area contributed by atoms with E-state index in [2.05, 4.69) is 25.6 Å². The summed E-state index contributed by atoms with van der Waals surface area (Å²) in [6.07, 6.45) is 6.39. The molecule has 0 fully saturated rings. The Morgan fingerprint density at radius 1 is 1.07 bits per heavy atom. The number of nitrogens with one attached hydrogen (secondary N) is 2. The highest BCUT2D eigenvalue weighted by Gasteiger charge is 2.10. The molecule has 0 saturated carbocycles. The van der Waals surface area contributed by atoms with Crippen molar-refractivity contribution in [1.82, 2.24) is 20.3 Å². The Labute approximate surface area is 157 Å². The molecule has 2 aromatic heterocycles. The number of amides is 1. The van der Waals surface area contributed by atoms with E-state index in [0.717, 1.165) is 17.0 Å². The maximum Gasteiger partial charge on any atom is 0.271 e. The Kier molecular flexibility index (Phi) is 5.94. The van der Waals surface area contributed by atoms with Gasteiger partial charge in [0.2, 0.25) is 0 Å². The molecule has 1 aromatic carbocycles. The third-order valence-electron chi connectivity index (χ3n) is 3.60. The van der Waals surface area contributed by atoms with E-state index in [0.29, 0.717) is 12.4 Å².